The average molecular weight is 476 g/mol. The Morgan fingerprint density at radius 2 is 1.86 bits per heavy atom. The Balaban J connectivity index is 1.59. The standard InChI is InChI=1S/C26H30FN7O/c1-18(19-7-5-4-6-8-19)30-26(35)32-24-15-20-16-29-34(22-11-9-21(27)10-12-22)25(20)23(31-24)17-28-13-14-33(2)3/h4-12,15-16,18,28H,13-14,17H2,1-3H3,(H2,30,31,32,35). The second-order valence-corrected chi connectivity index (χ2v) is 8.64. The van der Waals surface area contributed by atoms with Gasteiger partial charge in [0.15, 0.2) is 0 Å². The molecule has 1 atom stereocenters. The van der Waals surface area contributed by atoms with Crippen LogP contribution in [0.4, 0.5) is 15.0 Å². The number of aromatic nitrogens is 3. The van der Waals surface area contributed by atoms with E-state index in [1.165, 1.54) is 12.1 Å². The van der Waals surface area contributed by atoms with Gasteiger partial charge in [0, 0.05) is 25.0 Å². The number of fused-ring (bicyclic) bond motifs is 1. The molecule has 8 nitrogen and oxygen atoms in total. The molecule has 3 N–H and O–H groups in total. The van der Waals surface area contributed by atoms with Gasteiger partial charge in [-0.3, -0.25) is 5.32 Å². The van der Waals surface area contributed by atoms with E-state index in [0.717, 1.165) is 40.9 Å². The molecule has 1 unspecified atom stereocenters. The lowest BCUT2D eigenvalue weighted by Crippen LogP contribution is -2.31. The Morgan fingerprint density at radius 1 is 1.11 bits per heavy atom. The van der Waals surface area contributed by atoms with E-state index in [1.807, 2.05) is 51.4 Å². The molecule has 2 aromatic heterocycles. The number of hydrogen-bond donors (Lipinski definition) is 3. The predicted octanol–water partition coefficient (Wildman–Crippen LogP) is 4.09. The van der Waals surface area contributed by atoms with Crippen LogP contribution in [0.25, 0.3) is 16.6 Å². The molecule has 4 rings (SSSR count). The Morgan fingerprint density at radius 3 is 2.57 bits per heavy atom. The lowest BCUT2D eigenvalue weighted by atomic mass is 10.1. The lowest BCUT2D eigenvalue weighted by Gasteiger charge is -2.16. The maximum absolute atomic E-state index is 13.5. The lowest BCUT2D eigenvalue weighted by molar-refractivity contribution is 0.249. The Labute approximate surface area is 204 Å². The summed E-state index contributed by atoms with van der Waals surface area (Å²) in [4.78, 5) is 19.5. The number of halogens is 1. The van der Waals surface area contributed by atoms with Gasteiger partial charge in [-0.1, -0.05) is 30.3 Å². The van der Waals surface area contributed by atoms with Gasteiger partial charge in [-0.25, -0.2) is 18.9 Å². The molecular weight excluding hydrogens is 445 g/mol. The molecule has 2 heterocycles. The molecule has 0 aliphatic carbocycles. The molecule has 0 saturated carbocycles. The fraction of sp³-hybridized carbons (Fsp3) is 0.269. The molecule has 0 aliphatic heterocycles. The summed E-state index contributed by atoms with van der Waals surface area (Å²) in [5, 5.41) is 14.5. The normalized spacial score (nSPS) is 12.1. The van der Waals surface area contributed by atoms with Crippen LogP contribution in [0, 0.1) is 5.82 Å². The van der Waals surface area contributed by atoms with E-state index in [-0.39, 0.29) is 17.9 Å². The number of hydrogen-bond acceptors (Lipinski definition) is 5. The number of carbonyl (C=O) groups excluding carboxylic acids is 1. The van der Waals surface area contributed by atoms with E-state index in [9.17, 15) is 9.18 Å². The van der Waals surface area contributed by atoms with Crippen LogP contribution in [0.1, 0.15) is 24.2 Å². The Kier molecular flexibility index (Phi) is 7.69. The minimum Gasteiger partial charge on any atom is -0.331 e. The van der Waals surface area contributed by atoms with Crippen molar-refractivity contribution in [1.82, 2.24) is 30.3 Å². The fourth-order valence-electron chi connectivity index (χ4n) is 3.78. The second-order valence-electron chi connectivity index (χ2n) is 8.64. The molecule has 182 valence electrons. The summed E-state index contributed by atoms with van der Waals surface area (Å²) in [6, 6.07) is 17.2. The highest BCUT2D eigenvalue weighted by Crippen LogP contribution is 2.24. The molecule has 0 aliphatic rings. The highest BCUT2D eigenvalue weighted by Gasteiger charge is 2.16. The molecule has 2 aromatic carbocycles. The van der Waals surface area contributed by atoms with E-state index in [0.29, 0.717) is 12.4 Å². The highest BCUT2D eigenvalue weighted by atomic mass is 19.1. The van der Waals surface area contributed by atoms with E-state index >= 15 is 0 Å². The van der Waals surface area contributed by atoms with Gasteiger partial charge in [-0.15, -0.1) is 0 Å². The van der Waals surface area contributed by atoms with Gasteiger partial charge in [0.25, 0.3) is 0 Å². The number of anilines is 1. The number of rotatable bonds is 9. The Bertz CT molecular complexity index is 1270. The van der Waals surface area contributed by atoms with E-state index in [4.69, 9.17) is 4.98 Å². The summed E-state index contributed by atoms with van der Waals surface area (Å²) in [5.41, 5.74) is 3.28. The molecule has 0 spiro atoms. The van der Waals surface area contributed by atoms with Gasteiger partial charge in [0.05, 0.1) is 29.1 Å². The van der Waals surface area contributed by atoms with Crippen LogP contribution in [0.15, 0.2) is 66.9 Å². The smallest absolute Gasteiger partial charge is 0.320 e. The number of benzene rings is 2. The first-order valence-corrected chi connectivity index (χ1v) is 11.5. The zero-order valence-electron chi connectivity index (χ0n) is 20.1. The summed E-state index contributed by atoms with van der Waals surface area (Å²) in [6.45, 7) is 4.05. The van der Waals surface area contributed by atoms with E-state index < -0.39 is 0 Å². The summed E-state index contributed by atoms with van der Waals surface area (Å²) in [7, 11) is 4.03. The van der Waals surface area contributed by atoms with Gasteiger partial charge < -0.3 is 15.5 Å². The minimum atomic E-state index is -0.342. The van der Waals surface area contributed by atoms with Crippen molar-refractivity contribution in [2.45, 2.75) is 19.5 Å². The van der Waals surface area contributed by atoms with Crippen LogP contribution >= 0.6 is 0 Å². The van der Waals surface area contributed by atoms with Crippen molar-refractivity contribution < 1.29 is 9.18 Å². The maximum atomic E-state index is 13.5. The third-order valence-electron chi connectivity index (χ3n) is 5.61. The van der Waals surface area contributed by atoms with Crippen molar-refractivity contribution in [1.29, 1.82) is 0 Å². The molecular formula is C26H30FN7O. The number of amides is 2. The van der Waals surface area contributed by atoms with Crippen molar-refractivity contribution in [3.05, 3.63) is 83.9 Å². The summed E-state index contributed by atoms with van der Waals surface area (Å²) in [5.74, 6) is 0.120. The van der Waals surface area contributed by atoms with Crippen molar-refractivity contribution in [3.63, 3.8) is 0 Å². The van der Waals surface area contributed by atoms with Crippen LogP contribution in [-0.4, -0.2) is 52.9 Å². The third-order valence-corrected chi connectivity index (χ3v) is 5.61. The summed E-state index contributed by atoms with van der Waals surface area (Å²) < 4.78 is 15.2. The molecule has 4 aromatic rings. The van der Waals surface area contributed by atoms with E-state index in [1.54, 1.807) is 29.1 Å². The van der Waals surface area contributed by atoms with Gasteiger partial charge in [-0.05, 0) is 56.9 Å². The molecule has 0 radical (unpaired) electrons. The molecule has 0 bridgehead atoms. The largest absolute Gasteiger partial charge is 0.331 e. The van der Waals surface area contributed by atoms with Gasteiger partial charge >= 0.3 is 6.03 Å². The van der Waals surface area contributed by atoms with Crippen molar-refractivity contribution in [3.8, 4) is 5.69 Å². The molecule has 35 heavy (non-hydrogen) atoms. The van der Waals surface area contributed by atoms with Gasteiger partial charge in [0.2, 0.25) is 0 Å². The summed E-state index contributed by atoms with van der Waals surface area (Å²) in [6.07, 6.45) is 1.72. The molecule has 9 heteroatoms. The first-order valence-electron chi connectivity index (χ1n) is 11.5. The number of likely N-dealkylation sites (N-methyl/N-ethyl adjacent to an activating group) is 1. The van der Waals surface area contributed by atoms with Crippen LogP contribution in [-0.2, 0) is 6.54 Å². The molecule has 2 amide bonds. The second kappa shape index (κ2) is 11.1. The number of carbonyl (C=O) groups is 1. The molecule has 0 saturated heterocycles. The number of nitrogens with zero attached hydrogens (tertiary/aromatic N) is 4. The van der Waals surface area contributed by atoms with Gasteiger partial charge in [0.1, 0.15) is 11.6 Å². The zero-order chi connectivity index (χ0) is 24.8. The number of urea groups is 1. The zero-order valence-corrected chi connectivity index (χ0v) is 20.1. The van der Waals surface area contributed by atoms with Crippen LogP contribution < -0.4 is 16.0 Å². The van der Waals surface area contributed by atoms with Crippen LogP contribution in [0.5, 0.6) is 0 Å². The average Bonchev–Trinajstić information content (AvgIpc) is 3.26. The third kappa shape index (κ3) is 6.20. The van der Waals surface area contributed by atoms with Crippen molar-refractivity contribution in [2.75, 3.05) is 32.5 Å². The first kappa shape index (κ1) is 24.3. The molecule has 0 fully saturated rings. The van der Waals surface area contributed by atoms with Crippen LogP contribution in [0.2, 0.25) is 0 Å². The number of nitrogens with one attached hydrogen (secondary N) is 3. The number of pyridine rings is 1. The van der Waals surface area contributed by atoms with Gasteiger partial charge in [-0.2, -0.15) is 5.10 Å². The maximum Gasteiger partial charge on any atom is 0.320 e. The van der Waals surface area contributed by atoms with Crippen LogP contribution in [0.3, 0.4) is 0 Å². The van der Waals surface area contributed by atoms with E-state index in [2.05, 4.69) is 25.9 Å². The highest BCUT2D eigenvalue weighted by molar-refractivity contribution is 5.92. The summed E-state index contributed by atoms with van der Waals surface area (Å²) >= 11 is 0. The Hall–Kier alpha value is -3.82. The SMILES string of the molecule is CC(NC(=O)Nc1cc2cnn(-c3ccc(F)cc3)c2c(CNCCN(C)C)n1)c1ccccc1. The quantitative estimate of drug-likeness (QED) is 0.318. The topological polar surface area (TPSA) is 87.1 Å². The fourth-order valence-corrected chi connectivity index (χ4v) is 3.78. The van der Waals surface area contributed by atoms with Crippen molar-refractivity contribution in [2.24, 2.45) is 0 Å². The monoisotopic (exact) mass is 475 g/mol. The first-order chi connectivity index (χ1) is 16.9. The van der Waals surface area contributed by atoms with Crippen molar-refractivity contribution >= 4 is 22.8 Å². The predicted molar refractivity (Wildman–Crippen MR) is 136 cm³/mol. The minimum absolute atomic E-state index is 0.159.